The third-order valence-corrected chi connectivity index (χ3v) is 7.55. The summed E-state index contributed by atoms with van der Waals surface area (Å²) in [6, 6.07) is 37.9. The van der Waals surface area contributed by atoms with Crippen LogP contribution in [-0.2, 0) is 0 Å². The molecule has 0 aliphatic rings. The number of para-hydroxylation sites is 1. The predicted octanol–water partition coefficient (Wildman–Crippen LogP) is 5.46. The van der Waals surface area contributed by atoms with Gasteiger partial charge in [0.15, 0.2) is 0 Å². The van der Waals surface area contributed by atoms with Crippen molar-refractivity contribution in [2.24, 2.45) is 0 Å². The molecule has 1 nitrogen and oxygen atoms in total. The van der Waals surface area contributed by atoms with E-state index in [1.807, 2.05) is 18.2 Å². The first-order valence-corrected chi connectivity index (χ1v) is 10.7. The van der Waals surface area contributed by atoms with Gasteiger partial charge in [0, 0.05) is 5.30 Å². The Morgan fingerprint density at radius 2 is 0.929 bits per heavy atom. The van der Waals surface area contributed by atoms with E-state index in [9.17, 15) is 5.11 Å². The third-order valence-electron chi connectivity index (χ3n) is 5.11. The SMILES string of the molecule is Oc1ccccc1P(c1ccc2ccccc2c1)c1ccc2ccccc2c1. The Balaban J connectivity index is 1.75. The fourth-order valence-corrected chi connectivity index (χ4v) is 6.09. The van der Waals surface area contributed by atoms with Gasteiger partial charge in [-0.15, -0.1) is 0 Å². The van der Waals surface area contributed by atoms with Gasteiger partial charge in [-0.1, -0.05) is 91.0 Å². The van der Waals surface area contributed by atoms with Crippen molar-refractivity contribution in [1.29, 1.82) is 0 Å². The zero-order chi connectivity index (χ0) is 18.9. The van der Waals surface area contributed by atoms with Crippen molar-refractivity contribution in [3.63, 3.8) is 0 Å². The lowest BCUT2D eigenvalue weighted by molar-refractivity contribution is 0.480. The molecule has 0 fully saturated rings. The van der Waals surface area contributed by atoms with Gasteiger partial charge in [-0.2, -0.15) is 0 Å². The second kappa shape index (κ2) is 7.11. The van der Waals surface area contributed by atoms with E-state index in [-0.39, 0.29) is 0 Å². The molecule has 2 heteroatoms. The lowest BCUT2D eigenvalue weighted by Gasteiger charge is -2.21. The molecular formula is C26H19OP. The first kappa shape index (κ1) is 17.0. The van der Waals surface area contributed by atoms with Gasteiger partial charge in [0.25, 0.3) is 0 Å². The minimum atomic E-state index is -0.863. The normalized spacial score (nSPS) is 11.3. The maximum atomic E-state index is 10.6. The summed E-state index contributed by atoms with van der Waals surface area (Å²) in [4.78, 5) is 0. The Labute approximate surface area is 165 Å². The smallest absolute Gasteiger partial charge is 0.123 e. The molecule has 0 spiro atoms. The Kier molecular flexibility index (Phi) is 4.31. The Bertz CT molecular complexity index is 1210. The molecule has 134 valence electrons. The van der Waals surface area contributed by atoms with Crippen LogP contribution in [0.15, 0.2) is 109 Å². The minimum Gasteiger partial charge on any atom is -0.507 e. The van der Waals surface area contributed by atoms with Crippen molar-refractivity contribution in [3.8, 4) is 5.75 Å². The molecule has 0 heterocycles. The van der Waals surface area contributed by atoms with E-state index < -0.39 is 7.92 Å². The quantitative estimate of drug-likeness (QED) is 0.414. The van der Waals surface area contributed by atoms with Crippen LogP contribution in [0.25, 0.3) is 21.5 Å². The average Bonchev–Trinajstić information content (AvgIpc) is 2.75. The maximum Gasteiger partial charge on any atom is 0.123 e. The van der Waals surface area contributed by atoms with E-state index in [2.05, 4.69) is 84.9 Å². The van der Waals surface area contributed by atoms with E-state index in [1.54, 1.807) is 6.07 Å². The summed E-state index contributed by atoms with van der Waals surface area (Å²) in [7, 11) is -0.863. The second-order valence-electron chi connectivity index (χ2n) is 6.89. The van der Waals surface area contributed by atoms with Crippen molar-refractivity contribution in [1.82, 2.24) is 0 Å². The molecule has 0 saturated carbocycles. The van der Waals surface area contributed by atoms with Crippen LogP contribution in [0, 0.1) is 0 Å². The van der Waals surface area contributed by atoms with Gasteiger partial charge < -0.3 is 5.11 Å². The fourth-order valence-electron chi connectivity index (χ4n) is 3.71. The molecule has 0 amide bonds. The zero-order valence-electron chi connectivity index (χ0n) is 15.3. The van der Waals surface area contributed by atoms with Crippen LogP contribution in [0.3, 0.4) is 0 Å². The van der Waals surface area contributed by atoms with Crippen LogP contribution in [0.1, 0.15) is 0 Å². The number of hydrogen-bond acceptors (Lipinski definition) is 1. The monoisotopic (exact) mass is 378 g/mol. The molecule has 0 bridgehead atoms. The van der Waals surface area contributed by atoms with Gasteiger partial charge in [-0.3, -0.25) is 0 Å². The zero-order valence-corrected chi connectivity index (χ0v) is 16.2. The predicted molar refractivity (Wildman–Crippen MR) is 122 cm³/mol. The van der Waals surface area contributed by atoms with Gasteiger partial charge in [-0.25, -0.2) is 0 Å². The first-order valence-electron chi connectivity index (χ1n) is 9.35. The molecule has 0 aliphatic carbocycles. The highest BCUT2D eigenvalue weighted by atomic mass is 31.1. The van der Waals surface area contributed by atoms with E-state index in [1.165, 1.54) is 32.2 Å². The fraction of sp³-hybridized carbons (Fsp3) is 0. The van der Waals surface area contributed by atoms with Crippen molar-refractivity contribution < 1.29 is 5.11 Å². The largest absolute Gasteiger partial charge is 0.507 e. The Morgan fingerprint density at radius 3 is 1.46 bits per heavy atom. The molecule has 0 saturated heterocycles. The summed E-state index contributed by atoms with van der Waals surface area (Å²) < 4.78 is 0. The number of fused-ring (bicyclic) bond motifs is 2. The van der Waals surface area contributed by atoms with Crippen LogP contribution in [0.4, 0.5) is 0 Å². The summed E-state index contributed by atoms with van der Waals surface area (Å²) in [5.74, 6) is 0.356. The molecular weight excluding hydrogens is 359 g/mol. The number of hydrogen-bond donors (Lipinski definition) is 1. The molecule has 0 radical (unpaired) electrons. The summed E-state index contributed by atoms with van der Waals surface area (Å²) in [5.41, 5.74) is 0. The van der Waals surface area contributed by atoms with Gasteiger partial charge in [0.2, 0.25) is 0 Å². The summed E-state index contributed by atoms with van der Waals surface area (Å²) in [6.45, 7) is 0. The van der Waals surface area contributed by atoms with E-state index in [0.717, 1.165) is 5.30 Å². The van der Waals surface area contributed by atoms with Crippen molar-refractivity contribution >= 4 is 45.4 Å². The second-order valence-corrected chi connectivity index (χ2v) is 9.07. The summed E-state index contributed by atoms with van der Waals surface area (Å²) in [6.07, 6.45) is 0. The summed E-state index contributed by atoms with van der Waals surface area (Å²) in [5, 5.41) is 19.0. The van der Waals surface area contributed by atoms with Crippen molar-refractivity contribution in [2.75, 3.05) is 0 Å². The Hall–Kier alpha value is -3.15. The Morgan fingerprint density at radius 1 is 0.464 bits per heavy atom. The number of phenolic OH excluding ortho intramolecular Hbond substituents is 1. The summed E-state index contributed by atoms with van der Waals surface area (Å²) >= 11 is 0. The highest BCUT2D eigenvalue weighted by Crippen LogP contribution is 2.37. The highest BCUT2D eigenvalue weighted by molar-refractivity contribution is 7.80. The number of rotatable bonds is 3. The van der Waals surface area contributed by atoms with Gasteiger partial charge in [0.1, 0.15) is 5.75 Å². The molecule has 28 heavy (non-hydrogen) atoms. The van der Waals surface area contributed by atoms with Gasteiger partial charge >= 0.3 is 0 Å². The minimum absolute atomic E-state index is 0.356. The van der Waals surface area contributed by atoms with Crippen LogP contribution in [-0.4, -0.2) is 5.11 Å². The highest BCUT2D eigenvalue weighted by Gasteiger charge is 2.20. The molecule has 0 aromatic heterocycles. The van der Waals surface area contributed by atoms with Crippen LogP contribution >= 0.6 is 7.92 Å². The van der Waals surface area contributed by atoms with Crippen molar-refractivity contribution in [3.05, 3.63) is 109 Å². The molecule has 5 aromatic carbocycles. The molecule has 5 aromatic rings. The van der Waals surface area contributed by atoms with E-state index >= 15 is 0 Å². The molecule has 1 N–H and O–H groups in total. The molecule has 0 aliphatic heterocycles. The van der Waals surface area contributed by atoms with Gasteiger partial charge in [-0.05, 0) is 58.3 Å². The lowest BCUT2D eigenvalue weighted by atomic mass is 10.1. The first-order chi connectivity index (χ1) is 13.8. The van der Waals surface area contributed by atoms with Crippen LogP contribution < -0.4 is 15.9 Å². The van der Waals surface area contributed by atoms with E-state index in [4.69, 9.17) is 0 Å². The van der Waals surface area contributed by atoms with E-state index in [0.29, 0.717) is 5.75 Å². The molecule has 0 atom stereocenters. The lowest BCUT2D eigenvalue weighted by Crippen LogP contribution is -2.21. The average molecular weight is 378 g/mol. The third kappa shape index (κ3) is 3.05. The van der Waals surface area contributed by atoms with Crippen LogP contribution in [0.5, 0.6) is 5.75 Å². The molecule has 0 unspecified atom stereocenters. The standard InChI is InChI=1S/C26H19OP/c27-25-11-5-6-12-26(25)28(23-15-13-19-7-1-3-9-21(19)17-23)24-16-14-20-8-2-4-10-22(20)18-24/h1-18,27H. The molecule has 5 rings (SSSR count). The number of benzene rings is 5. The van der Waals surface area contributed by atoms with Gasteiger partial charge in [0.05, 0.1) is 0 Å². The number of phenols is 1. The topological polar surface area (TPSA) is 20.2 Å². The van der Waals surface area contributed by atoms with Crippen LogP contribution in [0.2, 0.25) is 0 Å². The van der Waals surface area contributed by atoms with Crippen molar-refractivity contribution in [2.45, 2.75) is 0 Å². The number of aromatic hydroxyl groups is 1. The maximum absolute atomic E-state index is 10.6.